The molecule has 3 aliphatic heterocycles. The highest BCUT2D eigenvalue weighted by atomic mass is 16.5. The smallest absolute Gasteiger partial charge is 0.310 e. The predicted molar refractivity (Wildman–Crippen MR) is 49.2 cm³/mol. The third-order valence-electron chi connectivity index (χ3n) is 3.53. The molecule has 74 valence electrons. The van der Waals surface area contributed by atoms with Gasteiger partial charge < -0.3 is 9.64 Å². The lowest BCUT2D eigenvalue weighted by atomic mass is 9.73. The molecule has 13 heavy (non-hydrogen) atoms. The molecule has 0 spiro atoms. The molecule has 0 saturated carbocycles. The fourth-order valence-corrected chi connectivity index (χ4v) is 2.83. The van der Waals surface area contributed by atoms with E-state index in [9.17, 15) is 4.79 Å². The fourth-order valence-electron chi connectivity index (χ4n) is 2.83. The number of carbonyl (C=O) groups excluding carboxylic acids is 1. The number of nitrogens with zero attached hydrogens (tertiary/aromatic N) is 1. The van der Waals surface area contributed by atoms with Gasteiger partial charge in [0.25, 0.3) is 0 Å². The summed E-state index contributed by atoms with van der Waals surface area (Å²) in [6.45, 7) is 5.49. The number of rotatable bonds is 1. The molecule has 0 N–H and O–H groups in total. The van der Waals surface area contributed by atoms with Gasteiger partial charge >= 0.3 is 5.97 Å². The lowest BCUT2D eigenvalue weighted by Crippen LogP contribution is -2.54. The summed E-state index contributed by atoms with van der Waals surface area (Å²) in [7, 11) is 1.49. The molecule has 3 rings (SSSR count). The van der Waals surface area contributed by atoms with Gasteiger partial charge in [0.2, 0.25) is 0 Å². The maximum Gasteiger partial charge on any atom is 0.310 e. The maximum atomic E-state index is 11.5. The second-order valence-electron chi connectivity index (χ2n) is 4.32. The molecule has 3 aliphatic rings. The first-order valence-corrected chi connectivity index (χ1v) is 5.02. The van der Waals surface area contributed by atoms with E-state index in [1.807, 2.05) is 0 Å². The van der Waals surface area contributed by atoms with Crippen molar-refractivity contribution in [2.75, 3.05) is 26.7 Å². The van der Waals surface area contributed by atoms with Crippen LogP contribution in [0.1, 0.15) is 13.3 Å². The Kier molecular flexibility index (Phi) is 2.28. The minimum absolute atomic E-state index is 0.0127. The number of hydrogen-bond acceptors (Lipinski definition) is 3. The van der Waals surface area contributed by atoms with Gasteiger partial charge in [-0.2, -0.15) is 0 Å². The number of ether oxygens (including phenoxy) is 1. The second kappa shape index (κ2) is 3.29. The van der Waals surface area contributed by atoms with Gasteiger partial charge in [0.15, 0.2) is 0 Å². The minimum Gasteiger partial charge on any atom is -0.469 e. The molecule has 0 amide bonds. The van der Waals surface area contributed by atoms with Crippen LogP contribution in [-0.4, -0.2) is 37.6 Å². The third-order valence-corrected chi connectivity index (χ3v) is 3.53. The van der Waals surface area contributed by atoms with Crippen molar-refractivity contribution in [1.29, 1.82) is 0 Å². The highest BCUT2D eigenvalue weighted by Crippen LogP contribution is 2.36. The number of esters is 1. The topological polar surface area (TPSA) is 29.5 Å². The summed E-state index contributed by atoms with van der Waals surface area (Å²) in [5.41, 5.74) is 0. The summed E-state index contributed by atoms with van der Waals surface area (Å²) >= 11 is 0. The average Bonchev–Trinajstić information content (AvgIpc) is 2.17. The first-order valence-electron chi connectivity index (χ1n) is 5.02. The molecule has 0 radical (unpaired) electrons. The van der Waals surface area contributed by atoms with E-state index in [0.29, 0.717) is 11.8 Å². The van der Waals surface area contributed by atoms with E-state index in [2.05, 4.69) is 11.8 Å². The molecule has 2 bridgehead atoms. The van der Waals surface area contributed by atoms with Crippen LogP contribution in [0, 0.1) is 17.8 Å². The zero-order chi connectivity index (χ0) is 9.42. The third kappa shape index (κ3) is 1.46. The molecule has 3 nitrogen and oxygen atoms in total. The van der Waals surface area contributed by atoms with Gasteiger partial charge in [0.1, 0.15) is 0 Å². The monoisotopic (exact) mass is 183 g/mol. The Bertz CT molecular complexity index is 217. The van der Waals surface area contributed by atoms with Gasteiger partial charge in [-0.05, 0) is 24.8 Å². The first kappa shape index (κ1) is 9.00. The van der Waals surface area contributed by atoms with Gasteiger partial charge in [-0.25, -0.2) is 0 Å². The van der Waals surface area contributed by atoms with Crippen LogP contribution in [0.15, 0.2) is 0 Å². The van der Waals surface area contributed by atoms with Crippen LogP contribution in [0.2, 0.25) is 0 Å². The quantitative estimate of drug-likeness (QED) is 0.562. The summed E-state index contributed by atoms with van der Waals surface area (Å²) in [4.78, 5) is 13.8. The highest BCUT2D eigenvalue weighted by Gasteiger charge is 2.42. The van der Waals surface area contributed by atoms with Gasteiger partial charge in [0.05, 0.1) is 13.0 Å². The predicted octanol–water partition coefficient (Wildman–Crippen LogP) is 0.747. The van der Waals surface area contributed by atoms with Crippen molar-refractivity contribution in [3.63, 3.8) is 0 Å². The molecule has 0 aromatic carbocycles. The number of piperidine rings is 3. The Morgan fingerprint density at radius 1 is 1.46 bits per heavy atom. The Balaban J connectivity index is 2.10. The molecule has 3 heterocycles. The van der Waals surface area contributed by atoms with Crippen molar-refractivity contribution in [1.82, 2.24) is 4.90 Å². The van der Waals surface area contributed by atoms with Crippen molar-refractivity contribution in [2.24, 2.45) is 17.8 Å². The summed E-state index contributed by atoms with van der Waals surface area (Å²) in [6.07, 6.45) is 1.17. The van der Waals surface area contributed by atoms with Crippen LogP contribution < -0.4 is 0 Å². The largest absolute Gasteiger partial charge is 0.469 e. The molecular weight excluding hydrogens is 166 g/mol. The molecule has 3 fully saturated rings. The minimum atomic E-state index is -0.0127. The van der Waals surface area contributed by atoms with Crippen LogP contribution in [-0.2, 0) is 9.53 Å². The number of methoxy groups -OCH3 is 1. The maximum absolute atomic E-state index is 11.5. The molecular formula is C10H17NO2. The molecule has 3 saturated heterocycles. The van der Waals surface area contributed by atoms with Crippen LogP contribution in [0.3, 0.4) is 0 Å². The molecule has 0 aromatic heterocycles. The van der Waals surface area contributed by atoms with Crippen LogP contribution in [0.4, 0.5) is 0 Å². The summed E-state index contributed by atoms with van der Waals surface area (Å²) in [6, 6.07) is 0. The van der Waals surface area contributed by atoms with E-state index in [4.69, 9.17) is 4.74 Å². The van der Waals surface area contributed by atoms with Crippen molar-refractivity contribution >= 4 is 5.97 Å². The molecule has 0 aromatic rings. The zero-order valence-electron chi connectivity index (χ0n) is 8.32. The number of carbonyl (C=O) groups is 1. The number of fused-ring (bicyclic) bond motifs is 3. The van der Waals surface area contributed by atoms with E-state index in [0.717, 1.165) is 13.1 Å². The fraction of sp³-hybridized carbons (Fsp3) is 0.900. The lowest BCUT2D eigenvalue weighted by Gasteiger charge is -2.47. The summed E-state index contributed by atoms with van der Waals surface area (Å²) in [5.74, 6) is 1.35. The summed E-state index contributed by atoms with van der Waals surface area (Å²) < 4.78 is 4.83. The van der Waals surface area contributed by atoms with Crippen molar-refractivity contribution < 1.29 is 9.53 Å². The van der Waals surface area contributed by atoms with E-state index in [-0.39, 0.29) is 11.9 Å². The molecule has 3 heteroatoms. The van der Waals surface area contributed by atoms with Gasteiger partial charge in [0, 0.05) is 13.1 Å². The average molecular weight is 183 g/mol. The zero-order valence-corrected chi connectivity index (χ0v) is 8.32. The van der Waals surface area contributed by atoms with Crippen molar-refractivity contribution in [3.05, 3.63) is 0 Å². The lowest BCUT2D eigenvalue weighted by molar-refractivity contribution is -0.154. The van der Waals surface area contributed by atoms with E-state index < -0.39 is 0 Å². The van der Waals surface area contributed by atoms with Gasteiger partial charge in [-0.15, -0.1) is 0 Å². The van der Waals surface area contributed by atoms with Crippen molar-refractivity contribution in [3.8, 4) is 0 Å². The Hall–Kier alpha value is -0.570. The number of hydrogen-bond donors (Lipinski definition) is 0. The van der Waals surface area contributed by atoms with Gasteiger partial charge in [-0.3, -0.25) is 4.79 Å². The van der Waals surface area contributed by atoms with E-state index >= 15 is 0 Å². The Morgan fingerprint density at radius 2 is 2.23 bits per heavy atom. The van der Waals surface area contributed by atoms with Crippen molar-refractivity contribution in [2.45, 2.75) is 13.3 Å². The first-order chi connectivity index (χ1) is 6.22. The summed E-state index contributed by atoms with van der Waals surface area (Å²) in [5, 5.41) is 0. The Labute approximate surface area is 79.0 Å². The van der Waals surface area contributed by atoms with E-state index in [1.54, 1.807) is 0 Å². The van der Waals surface area contributed by atoms with Crippen LogP contribution in [0.5, 0.6) is 0 Å². The second-order valence-corrected chi connectivity index (χ2v) is 4.32. The standard InChI is InChI=1S/C10H17NO2/c1-7-5-11-4-3-8(7)9(6-11)10(12)13-2/h7-9H,3-6H2,1-2H3/t7?,8-,9?/m1/s1. The SMILES string of the molecule is COC(=O)C1CN2CC[C@@H]1C(C)C2. The van der Waals surface area contributed by atoms with Crippen LogP contribution in [0.25, 0.3) is 0 Å². The van der Waals surface area contributed by atoms with Gasteiger partial charge in [-0.1, -0.05) is 6.92 Å². The molecule has 4 atom stereocenters. The molecule has 0 aliphatic carbocycles. The van der Waals surface area contributed by atoms with Crippen LogP contribution >= 0.6 is 0 Å². The Morgan fingerprint density at radius 3 is 2.77 bits per heavy atom. The normalized spacial score (nSPS) is 43.2. The van der Waals surface area contributed by atoms with E-state index in [1.165, 1.54) is 20.1 Å². The highest BCUT2D eigenvalue weighted by molar-refractivity contribution is 5.73. The molecule has 3 unspecified atom stereocenters.